The third-order valence-corrected chi connectivity index (χ3v) is 7.04. The smallest absolute Gasteiger partial charge is 0.175 e. The lowest BCUT2D eigenvalue weighted by Crippen LogP contribution is -2.02. The van der Waals surface area contributed by atoms with E-state index >= 15 is 0 Å². The van der Waals surface area contributed by atoms with Gasteiger partial charge in [0.15, 0.2) is 15.0 Å². The zero-order chi connectivity index (χ0) is 22.7. The summed E-state index contributed by atoms with van der Waals surface area (Å²) in [5, 5.41) is 0.782. The van der Waals surface area contributed by atoms with Gasteiger partial charge in [0, 0.05) is 41.2 Å². The Labute approximate surface area is 191 Å². The van der Waals surface area contributed by atoms with Gasteiger partial charge in [-0.1, -0.05) is 18.7 Å². The minimum absolute atomic E-state index is 0.281. The molecule has 0 unspecified atom stereocenters. The number of hydrogen-bond donors (Lipinski definition) is 0. The van der Waals surface area contributed by atoms with Crippen molar-refractivity contribution in [1.29, 1.82) is 0 Å². The molecule has 4 rings (SSSR count). The molecule has 0 amide bonds. The topological polar surface area (TPSA) is 64.8 Å². The standard InChI is InChI=1S/C24H22FN3O2S2/c1-3-16-28-23(18-12-14-26-15-13-18)22(17-4-6-19(25)7-5-17)27-24(28)31-20-8-10-21(11-9-20)32(2,29)30/h4-15H,3,16H2,1-2H3. The van der Waals surface area contributed by atoms with E-state index in [4.69, 9.17) is 4.98 Å². The lowest BCUT2D eigenvalue weighted by Gasteiger charge is -2.12. The highest BCUT2D eigenvalue weighted by molar-refractivity contribution is 7.99. The number of rotatable bonds is 7. The van der Waals surface area contributed by atoms with Crippen LogP contribution in [0, 0.1) is 5.82 Å². The van der Waals surface area contributed by atoms with E-state index in [-0.39, 0.29) is 10.7 Å². The summed E-state index contributed by atoms with van der Waals surface area (Å²) in [5.41, 5.74) is 3.50. The highest BCUT2D eigenvalue weighted by Gasteiger charge is 2.21. The molecule has 0 aliphatic heterocycles. The van der Waals surface area contributed by atoms with Crippen molar-refractivity contribution >= 4 is 21.6 Å². The molecule has 32 heavy (non-hydrogen) atoms. The molecule has 5 nitrogen and oxygen atoms in total. The molecular weight excluding hydrogens is 445 g/mol. The number of aromatic nitrogens is 3. The van der Waals surface area contributed by atoms with Crippen molar-refractivity contribution in [3.63, 3.8) is 0 Å². The van der Waals surface area contributed by atoms with Gasteiger partial charge in [0.2, 0.25) is 0 Å². The van der Waals surface area contributed by atoms with Crippen LogP contribution in [0.3, 0.4) is 0 Å². The van der Waals surface area contributed by atoms with Crippen molar-refractivity contribution in [3.05, 3.63) is 78.9 Å². The van der Waals surface area contributed by atoms with Crippen LogP contribution in [0.2, 0.25) is 0 Å². The minimum Gasteiger partial charge on any atom is -0.318 e. The van der Waals surface area contributed by atoms with Crippen molar-refractivity contribution in [1.82, 2.24) is 14.5 Å². The molecule has 0 aliphatic carbocycles. The van der Waals surface area contributed by atoms with Crippen LogP contribution in [-0.4, -0.2) is 29.2 Å². The Hall–Kier alpha value is -2.97. The van der Waals surface area contributed by atoms with Gasteiger partial charge in [-0.3, -0.25) is 4.98 Å². The summed E-state index contributed by atoms with van der Waals surface area (Å²) in [5.74, 6) is -0.298. The lowest BCUT2D eigenvalue weighted by molar-refractivity contribution is 0.602. The van der Waals surface area contributed by atoms with Crippen LogP contribution in [0.5, 0.6) is 0 Å². The van der Waals surface area contributed by atoms with E-state index in [0.29, 0.717) is 0 Å². The van der Waals surface area contributed by atoms with Gasteiger partial charge >= 0.3 is 0 Å². The maximum Gasteiger partial charge on any atom is 0.175 e. The fraction of sp³-hybridized carbons (Fsp3) is 0.167. The van der Waals surface area contributed by atoms with Crippen molar-refractivity contribution < 1.29 is 12.8 Å². The van der Waals surface area contributed by atoms with Gasteiger partial charge in [0.25, 0.3) is 0 Å². The average Bonchev–Trinajstić information content (AvgIpc) is 3.13. The first-order valence-corrected chi connectivity index (χ1v) is 12.8. The monoisotopic (exact) mass is 467 g/mol. The highest BCUT2D eigenvalue weighted by Crippen LogP contribution is 2.38. The number of nitrogens with zero attached hydrogens (tertiary/aromatic N) is 3. The summed E-state index contributed by atoms with van der Waals surface area (Å²) in [6.45, 7) is 2.85. The van der Waals surface area contributed by atoms with Crippen LogP contribution in [0.25, 0.3) is 22.5 Å². The predicted octanol–water partition coefficient (Wildman–Crippen LogP) is 5.72. The van der Waals surface area contributed by atoms with Crippen LogP contribution < -0.4 is 0 Å². The van der Waals surface area contributed by atoms with Gasteiger partial charge in [-0.05, 0) is 67.1 Å². The van der Waals surface area contributed by atoms with E-state index in [0.717, 1.165) is 45.5 Å². The fourth-order valence-electron chi connectivity index (χ4n) is 3.41. The van der Waals surface area contributed by atoms with E-state index in [9.17, 15) is 12.8 Å². The van der Waals surface area contributed by atoms with E-state index < -0.39 is 9.84 Å². The molecule has 2 heterocycles. The van der Waals surface area contributed by atoms with Gasteiger partial charge in [-0.25, -0.2) is 17.8 Å². The molecular formula is C24H22FN3O2S2. The second kappa shape index (κ2) is 9.26. The first-order chi connectivity index (χ1) is 15.4. The Morgan fingerprint density at radius 1 is 0.938 bits per heavy atom. The zero-order valence-corrected chi connectivity index (χ0v) is 19.3. The van der Waals surface area contributed by atoms with Crippen LogP contribution in [0.1, 0.15) is 13.3 Å². The molecule has 0 radical (unpaired) electrons. The third kappa shape index (κ3) is 4.76. The molecule has 4 aromatic rings. The van der Waals surface area contributed by atoms with E-state index in [2.05, 4.69) is 16.5 Å². The number of sulfone groups is 1. The molecule has 164 valence electrons. The molecule has 0 N–H and O–H groups in total. The molecule has 0 fully saturated rings. The SMILES string of the molecule is CCCn1c(Sc2ccc(S(C)(=O)=O)cc2)nc(-c2ccc(F)cc2)c1-c1ccncc1. The predicted molar refractivity (Wildman–Crippen MR) is 125 cm³/mol. The second-order valence-corrected chi connectivity index (χ2v) is 10.4. The molecule has 0 bridgehead atoms. The molecule has 2 aromatic heterocycles. The Balaban J connectivity index is 1.84. The molecule has 2 aromatic carbocycles. The quantitative estimate of drug-likeness (QED) is 0.348. The maximum atomic E-state index is 13.6. The van der Waals surface area contributed by atoms with Crippen LogP contribution >= 0.6 is 11.8 Å². The molecule has 8 heteroatoms. The Bertz CT molecular complexity index is 1320. The average molecular weight is 468 g/mol. The molecule has 0 saturated heterocycles. The Morgan fingerprint density at radius 3 is 2.19 bits per heavy atom. The summed E-state index contributed by atoms with van der Waals surface area (Å²) in [6.07, 6.45) is 5.57. The van der Waals surface area contributed by atoms with E-state index in [1.54, 1.807) is 48.8 Å². The zero-order valence-electron chi connectivity index (χ0n) is 17.7. The van der Waals surface area contributed by atoms with Crippen molar-refractivity contribution in [2.75, 3.05) is 6.26 Å². The largest absolute Gasteiger partial charge is 0.318 e. The molecule has 0 aliphatic rings. The van der Waals surface area contributed by atoms with E-state index in [1.807, 2.05) is 12.1 Å². The Morgan fingerprint density at radius 2 is 1.59 bits per heavy atom. The second-order valence-electron chi connectivity index (χ2n) is 7.33. The summed E-state index contributed by atoms with van der Waals surface area (Å²) >= 11 is 1.47. The molecule has 0 atom stereocenters. The number of imidazole rings is 1. The minimum atomic E-state index is -3.25. The summed E-state index contributed by atoms with van der Waals surface area (Å²) in [6, 6.07) is 17.0. The Kier molecular flexibility index (Phi) is 6.43. The van der Waals surface area contributed by atoms with E-state index in [1.165, 1.54) is 30.2 Å². The summed E-state index contributed by atoms with van der Waals surface area (Å²) in [7, 11) is -3.25. The van der Waals surface area contributed by atoms with Gasteiger partial charge in [0.1, 0.15) is 5.82 Å². The van der Waals surface area contributed by atoms with Crippen LogP contribution in [0.15, 0.2) is 88.0 Å². The first kappa shape index (κ1) is 22.2. The number of halogens is 1. The van der Waals surface area contributed by atoms with Crippen molar-refractivity contribution in [3.8, 4) is 22.5 Å². The molecule has 0 saturated carbocycles. The van der Waals surface area contributed by atoms with Crippen molar-refractivity contribution in [2.45, 2.75) is 34.8 Å². The number of benzene rings is 2. The maximum absolute atomic E-state index is 13.6. The fourth-order valence-corrected chi connectivity index (χ4v) is 4.96. The van der Waals surface area contributed by atoms with Crippen LogP contribution in [0.4, 0.5) is 4.39 Å². The van der Waals surface area contributed by atoms with Gasteiger partial charge in [-0.2, -0.15) is 0 Å². The number of pyridine rings is 1. The summed E-state index contributed by atoms with van der Waals surface area (Å²) < 4.78 is 39.3. The first-order valence-electron chi connectivity index (χ1n) is 10.1. The highest BCUT2D eigenvalue weighted by atomic mass is 32.2. The van der Waals surface area contributed by atoms with Crippen LogP contribution in [-0.2, 0) is 16.4 Å². The van der Waals surface area contributed by atoms with Gasteiger partial charge < -0.3 is 4.57 Å². The summed E-state index contributed by atoms with van der Waals surface area (Å²) in [4.78, 5) is 10.2. The van der Waals surface area contributed by atoms with Gasteiger partial charge in [-0.15, -0.1) is 0 Å². The molecule has 0 spiro atoms. The van der Waals surface area contributed by atoms with Crippen molar-refractivity contribution in [2.24, 2.45) is 0 Å². The van der Waals surface area contributed by atoms with Gasteiger partial charge in [0.05, 0.1) is 16.3 Å². The third-order valence-electron chi connectivity index (χ3n) is 4.91. The normalized spacial score (nSPS) is 11.6. The lowest BCUT2D eigenvalue weighted by atomic mass is 10.1. The number of hydrogen-bond acceptors (Lipinski definition) is 5.